The fourth-order valence-electron chi connectivity index (χ4n) is 4.66. The van der Waals surface area contributed by atoms with Gasteiger partial charge in [-0.05, 0) is 48.6 Å². The number of carbonyl (C=O) groups is 1. The standard InChI is InChI=1S/C24H27N3O4/c1-29-17-9-10-20-19(14-17)18-11-12-27-23(22(18)25-20)21(8-5-13-31-27)26-24(28)30-15-16-6-3-2-4-7-16/h2-4,6-7,9-10,14,21,23,25H,5,8,11-13,15H2,1H3,(H,26,28)/t21-,23+/m1/s1. The summed E-state index contributed by atoms with van der Waals surface area (Å²) in [5.41, 5.74) is 4.41. The molecule has 0 bridgehead atoms. The second kappa shape index (κ2) is 8.61. The Morgan fingerprint density at radius 3 is 2.97 bits per heavy atom. The molecular formula is C24H27N3O4. The second-order valence-corrected chi connectivity index (χ2v) is 8.05. The first kappa shape index (κ1) is 19.9. The number of hydrogen-bond donors (Lipinski definition) is 2. The predicted molar refractivity (Wildman–Crippen MR) is 117 cm³/mol. The van der Waals surface area contributed by atoms with Gasteiger partial charge in [0.1, 0.15) is 12.4 Å². The molecule has 1 aromatic heterocycles. The van der Waals surface area contributed by atoms with Gasteiger partial charge in [-0.3, -0.25) is 4.84 Å². The maximum atomic E-state index is 12.6. The number of alkyl carbamates (subject to hydrolysis) is 1. The van der Waals surface area contributed by atoms with E-state index in [-0.39, 0.29) is 18.7 Å². The lowest BCUT2D eigenvalue weighted by Gasteiger charge is -2.37. The summed E-state index contributed by atoms with van der Waals surface area (Å²) in [4.78, 5) is 22.2. The van der Waals surface area contributed by atoms with Crippen molar-refractivity contribution < 1.29 is 19.1 Å². The first-order chi connectivity index (χ1) is 15.2. The smallest absolute Gasteiger partial charge is 0.407 e. The van der Waals surface area contributed by atoms with Gasteiger partial charge in [0, 0.05) is 23.1 Å². The Balaban J connectivity index is 1.39. The van der Waals surface area contributed by atoms with Crippen molar-refractivity contribution >= 4 is 17.0 Å². The van der Waals surface area contributed by atoms with Crippen LogP contribution >= 0.6 is 0 Å². The van der Waals surface area contributed by atoms with Crippen LogP contribution in [0.3, 0.4) is 0 Å². The number of aromatic nitrogens is 1. The predicted octanol–water partition coefficient (Wildman–Crippen LogP) is 4.10. The van der Waals surface area contributed by atoms with Crippen LogP contribution in [-0.4, -0.2) is 42.4 Å². The number of nitrogens with one attached hydrogen (secondary N) is 2. The lowest BCUT2D eigenvalue weighted by Crippen LogP contribution is -2.47. The zero-order valence-electron chi connectivity index (χ0n) is 17.6. The van der Waals surface area contributed by atoms with Gasteiger partial charge in [0.2, 0.25) is 0 Å². The van der Waals surface area contributed by atoms with E-state index in [1.807, 2.05) is 47.5 Å². The topological polar surface area (TPSA) is 75.8 Å². The van der Waals surface area contributed by atoms with E-state index in [4.69, 9.17) is 14.3 Å². The van der Waals surface area contributed by atoms with Gasteiger partial charge in [-0.25, -0.2) is 4.79 Å². The summed E-state index contributed by atoms with van der Waals surface area (Å²) in [7, 11) is 1.68. The van der Waals surface area contributed by atoms with Crippen LogP contribution in [0.2, 0.25) is 0 Å². The number of methoxy groups -OCH3 is 1. The summed E-state index contributed by atoms with van der Waals surface area (Å²) in [6.07, 6.45) is 2.17. The molecule has 0 saturated carbocycles. The van der Waals surface area contributed by atoms with Gasteiger partial charge in [0.25, 0.3) is 0 Å². The molecule has 7 heteroatoms. The van der Waals surface area contributed by atoms with Crippen molar-refractivity contribution in [2.75, 3.05) is 20.3 Å². The van der Waals surface area contributed by atoms with Gasteiger partial charge in [-0.2, -0.15) is 5.06 Å². The van der Waals surface area contributed by atoms with Crippen LogP contribution in [0.1, 0.15) is 35.7 Å². The van der Waals surface area contributed by atoms with Crippen molar-refractivity contribution in [3.05, 3.63) is 65.4 Å². The molecule has 7 nitrogen and oxygen atoms in total. The van der Waals surface area contributed by atoms with Gasteiger partial charge in [-0.15, -0.1) is 0 Å². The molecule has 2 atom stereocenters. The van der Waals surface area contributed by atoms with Crippen LogP contribution in [0.15, 0.2) is 48.5 Å². The molecule has 2 aromatic carbocycles. The third-order valence-electron chi connectivity index (χ3n) is 6.15. The molecule has 1 amide bonds. The van der Waals surface area contributed by atoms with Crippen molar-refractivity contribution in [1.29, 1.82) is 0 Å². The molecule has 2 aliphatic rings. The number of rotatable bonds is 4. The van der Waals surface area contributed by atoms with E-state index < -0.39 is 6.09 Å². The van der Waals surface area contributed by atoms with Gasteiger partial charge in [0.15, 0.2) is 0 Å². The molecule has 0 unspecified atom stereocenters. The minimum absolute atomic E-state index is 0.0890. The number of carbonyl (C=O) groups excluding carboxylic acids is 1. The SMILES string of the molecule is COc1ccc2[nH]c3c(c2c1)CCN1OCCC[C@@H](NC(=O)OCc2ccccc2)[C@@H]31. The van der Waals surface area contributed by atoms with Crippen molar-refractivity contribution in [2.45, 2.75) is 38.0 Å². The number of H-pyrrole nitrogens is 1. The lowest BCUT2D eigenvalue weighted by atomic mass is 9.92. The fourth-order valence-corrected chi connectivity index (χ4v) is 4.66. The van der Waals surface area contributed by atoms with E-state index in [9.17, 15) is 4.79 Å². The number of amides is 1. The first-order valence-corrected chi connectivity index (χ1v) is 10.8. The maximum absolute atomic E-state index is 12.6. The van der Waals surface area contributed by atoms with E-state index in [2.05, 4.69) is 16.4 Å². The summed E-state index contributed by atoms with van der Waals surface area (Å²) < 4.78 is 10.9. The van der Waals surface area contributed by atoms with Crippen LogP contribution in [-0.2, 0) is 22.6 Å². The van der Waals surface area contributed by atoms with Gasteiger partial charge < -0.3 is 19.8 Å². The number of hydrogen-bond acceptors (Lipinski definition) is 5. The van der Waals surface area contributed by atoms with Crippen LogP contribution in [0.25, 0.3) is 10.9 Å². The zero-order chi connectivity index (χ0) is 21.2. The normalized spacial score (nSPS) is 21.1. The average Bonchev–Trinajstić information content (AvgIpc) is 3.05. The molecule has 31 heavy (non-hydrogen) atoms. The van der Waals surface area contributed by atoms with Crippen LogP contribution in [0, 0.1) is 0 Å². The summed E-state index contributed by atoms with van der Waals surface area (Å²) in [6.45, 7) is 1.68. The quantitative estimate of drug-likeness (QED) is 0.664. The average molecular weight is 421 g/mol. The summed E-state index contributed by atoms with van der Waals surface area (Å²) in [6, 6.07) is 15.6. The number of fused-ring (bicyclic) bond motifs is 5. The number of benzene rings is 2. The minimum atomic E-state index is -0.402. The molecule has 5 rings (SSSR count). The molecule has 162 valence electrons. The molecule has 1 fully saturated rings. The molecule has 0 radical (unpaired) electrons. The second-order valence-electron chi connectivity index (χ2n) is 8.05. The van der Waals surface area contributed by atoms with Gasteiger partial charge >= 0.3 is 6.09 Å². The first-order valence-electron chi connectivity index (χ1n) is 10.8. The Morgan fingerprint density at radius 1 is 1.26 bits per heavy atom. The summed E-state index contributed by atoms with van der Waals surface area (Å²) >= 11 is 0. The van der Waals surface area contributed by atoms with Crippen molar-refractivity contribution in [3.63, 3.8) is 0 Å². The fraction of sp³-hybridized carbons (Fsp3) is 0.375. The Kier molecular flexibility index (Phi) is 5.53. The molecule has 3 heterocycles. The van der Waals surface area contributed by atoms with Crippen LogP contribution in [0.5, 0.6) is 5.75 Å². The Hall–Kier alpha value is -3.03. The highest BCUT2D eigenvalue weighted by Gasteiger charge is 2.39. The van der Waals surface area contributed by atoms with E-state index >= 15 is 0 Å². The Labute approximate surface area is 181 Å². The molecule has 0 aliphatic carbocycles. The number of hydroxylamine groups is 2. The summed E-state index contributed by atoms with van der Waals surface area (Å²) in [5.74, 6) is 0.841. The van der Waals surface area contributed by atoms with Gasteiger partial charge in [0.05, 0.1) is 25.8 Å². The minimum Gasteiger partial charge on any atom is -0.497 e. The summed E-state index contributed by atoms with van der Waals surface area (Å²) in [5, 5.41) is 6.30. The zero-order valence-corrected chi connectivity index (χ0v) is 17.6. The monoisotopic (exact) mass is 421 g/mol. The highest BCUT2D eigenvalue weighted by molar-refractivity contribution is 5.86. The maximum Gasteiger partial charge on any atom is 0.407 e. The van der Waals surface area contributed by atoms with Gasteiger partial charge in [-0.1, -0.05) is 30.3 Å². The molecule has 0 spiro atoms. The molecular weight excluding hydrogens is 394 g/mol. The number of nitrogens with zero attached hydrogens (tertiary/aromatic N) is 1. The molecule has 1 saturated heterocycles. The number of ether oxygens (including phenoxy) is 2. The van der Waals surface area contributed by atoms with Crippen LogP contribution < -0.4 is 10.1 Å². The van der Waals surface area contributed by atoms with Crippen LogP contribution in [0.4, 0.5) is 4.79 Å². The third kappa shape index (κ3) is 3.98. The lowest BCUT2D eigenvalue weighted by molar-refractivity contribution is -0.188. The number of aromatic amines is 1. The molecule has 2 aliphatic heterocycles. The largest absolute Gasteiger partial charge is 0.497 e. The highest BCUT2D eigenvalue weighted by atomic mass is 16.7. The van der Waals surface area contributed by atoms with Crippen molar-refractivity contribution in [3.8, 4) is 5.75 Å². The third-order valence-corrected chi connectivity index (χ3v) is 6.15. The van der Waals surface area contributed by atoms with Crippen molar-refractivity contribution in [2.24, 2.45) is 0 Å². The molecule has 2 N–H and O–H groups in total. The Morgan fingerprint density at radius 2 is 2.13 bits per heavy atom. The Bertz CT molecular complexity index is 1070. The van der Waals surface area contributed by atoms with E-state index in [1.54, 1.807) is 7.11 Å². The van der Waals surface area contributed by atoms with E-state index in [0.29, 0.717) is 6.61 Å². The van der Waals surface area contributed by atoms with E-state index in [1.165, 1.54) is 10.9 Å². The molecule has 3 aromatic rings. The highest BCUT2D eigenvalue weighted by Crippen LogP contribution is 2.39. The van der Waals surface area contributed by atoms with Crippen molar-refractivity contribution in [1.82, 2.24) is 15.4 Å². The van der Waals surface area contributed by atoms with E-state index in [0.717, 1.165) is 48.3 Å².